The smallest absolute Gasteiger partial charge is 0.345 e. The number of nitrogens with zero attached hydrogens (tertiary/aromatic N) is 1. The van der Waals surface area contributed by atoms with Crippen molar-refractivity contribution in [1.82, 2.24) is 9.97 Å². The molecule has 0 saturated heterocycles. The molecule has 0 atom stereocenters. The summed E-state index contributed by atoms with van der Waals surface area (Å²) in [6.07, 6.45) is -3.41. The Morgan fingerprint density at radius 3 is 2.61 bits per heavy atom. The highest BCUT2D eigenvalue weighted by Crippen LogP contribution is 2.26. The summed E-state index contributed by atoms with van der Waals surface area (Å²) >= 11 is 0. The van der Waals surface area contributed by atoms with Gasteiger partial charge < -0.3 is 4.98 Å². The van der Waals surface area contributed by atoms with E-state index in [1.165, 1.54) is 19.3 Å². The highest BCUT2D eigenvalue weighted by Gasteiger charge is 2.36. The number of nitrogens with one attached hydrogen (secondary N) is 1. The third-order valence-electron chi connectivity index (χ3n) is 2.41. The van der Waals surface area contributed by atoms with Crippen LogP contribution in [0.5, 0.6) is 0 Å². The van der Waals surface area contributed by atoms with E-state index in [4.69, 9.17) is 0 Å². The Hall–Kier alpha value is -1.57. The van der Waals surface area contributed by atoms with Crippen LogP contribution in [0.15, 0.2) is 23.4 Å². The van der Waals surface area contributed by atoms with Gasteiger partial charge in [0.2, 0.25) is 0 Å². The Bertz CT molecular complexity index is 689. The lowest BCUT2D eigenvalue weighted by Gasteiger charge is -2.10. The lowest BCUT2D eigenvalue weighted by molar-refractivity contribution is -0.106. The summed E-state index contributed by atoms with van der Waals surface area (Å²) in [6.45, 7) is 1.45. The maximum atomic E-state index is 12.2. The minimum atomic E-state index is -4.76. The molecule has 1 aromatic carbocycles. The maximum Gasteiger partial charge on any atom is 0.403 e. The van der Waals surface area contributed by atoms with Crippen molar-refractivity contribution < 1.29 is 21.6 Å². The lowest BCUT2D eigenvalue weighted by atomic mass is 10.2. The van der Waals surface area contributed by atoms with Crippen LogP contribution >= 0.6 is 0 Å². The van der Waals surface area contributed by atoms with Gasteiger partial charge in [-0.25, -0.2) is 13.4 Å². The molecule has 1 aromatic heterocycles. The Morgan fingerprint density at radius 2 is 2.00 bits per heavy atom. The molecule has 0 saturated carbocycles. The molecule has 0 fully saturated rings. The zero-order chi connectivity index (χ0) is 13.6. The van der Waals surface area contributed by atoms with Crippen molar-refractivity contribution in [2.75, 3.05) is 5.75 Å². The summed E-state index contributed by atoms with van der Waals surface area (Å²) in [6, 6.07) is 2.62. The number of aromatic nitrogens is 2. The average Bonchev–Trinajstić information content (AvgIpc) is 2.58. The molecule has 4 nitrogen and oxygen atoms in total. The van der Waals surface area contributed by atoms with Gasteiger partial charge in [-0.3, -0.25) is 0 Å². The predicted molar refractivity (Wildman–Crippen MR) is 58.9 cm³/mol. The van der Waals surface area contributed by atoms with Crippen LogP contribution < -0.4 is 0 Å². The summed E-state index contributed by atoms with van der Waals surface area (Å²) in [4.78, 5) is 6.25. The molecule has 0 bridgehead atoms. The Balaban J connectivity index is 2.56. The number of aromatic amines is 1. The molecular weight excluding hydrogens is 269 g/mol. The number of rotatable bonds is 2. The second-order valence-corrected chi connectivity index (χ2v) is 5.87. The van der Waals surface area contributed by atoms with Crippen molar-refractivity contribution >= 4 is 20.9 Å². The zero-order valence-electron chi connectivity index (χ0n) is 9.25. The summed E-state index contributed by atoms with van der Waals surface area (Å²) in [5.41, 5.74) is 1.16. The summed E-state index contributed by atoms with van der Waals surface area (Å²) in [7, 11) is -4.40. The molecule has 2 rings (SSSR count). The van der Waals surface area contributed by atoms with E-state index in [2.05, 4.69) is 9.97 Å². The van der Waals surface area contributed by atoms with Crippen molar-refractivity contribution in [2.45, 2.75) is 18.0 Å². The first-order chi connectivity index (χ1) is 8.19. The van der Waals surface area contributed by atoms with E-state index < -0.39 is 21.8 Å². The standard InChI is InChI=1S/C10H9F3N2O2S/c1-6-2-7-8(15-5-14-7)3-9(6)18(16,17)4-10(11,12)13/h2-3,5H,4H2,1H3,(H,14,15). The number of sulfone groups is 1. The third kappa shape index (κ3) is 2.47. The van der Waals surface area contributed by atoms with Gasteiger partial charge in [-0.1, -0.05) is 0 Å². The quantitative estimate of drug-likeness (QED) is 0.916. The van der Waals surface area contributed by atoms with Crippen LogP contribution in [0, 0.1) is 6.92 Å². The van der Waals surface area contributed by atoms with E-state index in [1.54, 1.807) is 0 Å². The molecule has 0 aliphatic heterocycles. The first-order valence-corrected chi connectivity index (χ1v) is 6.57. The van der Waals surface area contributed by atoms with Crippen LogP contribution in [-0.4, -0.2) is 30.3 Å². The van der Waals surface area contributed by atoms with Crippen LogP contribution in [0.3, 0.4) is 0 Å². The van der Waals surface area contributed by atoms with Gasteiger partial charge in [0.1, 0.15) is 0 Å². The van der Waals surface area contributed by atoms with E-state index in [0.29, 0.717) is 11.0 Å². The fourth-order valence-electron chi connectivity index (χ4n) is 1.70. The minimum Gasteiger partial charge on any atom is -0.345 e. The highest BCUT2D eigenvalue weighted by atomic mass is 32.2. The number of aryl methyl sites for hydroxylation is 1. The van der Waals surface area contributed by atoms with Crippen LogP contribution in [0.4, 0.5) is 13.2 Å². The third-order valence-corrected chi connectivity index (χ3v) is 4.22. The maximum absolute atomic E-state index is 12.2. The van der Waals surface area contributed by atoms with E-state index in [1.807, 2.05) is 0 Å². The minimum absolute atomic E-state index is 0.260. The summed E-state index contributed by atoms with van der Waals surface area (Å²) < 4.78 is 60.0. The molecule has 0 spiro atoms. The number of hydrogen-bond donors (Lipinski definition) is 1. The average molecular weight is 278 g/mol. The molecule has 2 aromatic rings. The van der Waals surface area contributed by atoms with E-state index in [9.17, 15) is 21.6 Å². The fraction of sp³-hybridized carbons (Fsp3) is 0.300. The molecule has 0 radical (unpaired) electrons. The lowest BCUT2D eigenvalue weighted by Crippen LogP contribution is -2.23. The van der Waals surface area contributed by atoms with Crippen molar-refractivity contribution in [2.24, 2.45) is 0 Å². The van der Waals surface area contributed by atoms with Gasteiger partial charge in [0.15, 0.2) is 15.6 Å². The molecule has 1 heterocycles. The molecule has 8 heteroatoms. The number of alkyl halides is 3. The van der Waals surface area contributed by atoms with Crippen LogP contribution in [0.2, 0.25) is 0 Å². The fourth-order valence-corrected chi connectivity index (χ4v) is 3.13. The second kappa shape index (κ2) is 3.98. The topological polar surface area (TPSA) is 62.8 Å². The first kappa shape index (κ1) is 12.9. The molecule has 0 amide bonds. The van der Waals surface area contributed by atoms with Crippen molar-refractivity contribution in [3.63, 3.8) is 0 Å². The molecule has 0 unspecified atom stereocenters. The molecular formula is C10H9F3N2O2S. The van der Waals surface area contributed by atoms with Gasteiger partial charge in [-0.05, 0) is 24.6 Å². The van der Waals surface area contributed by atoms with Gasteiger partial charge in [-0.15, -0.1) is 0 Å². The zero-order valence-corrected chi connectivity index (χ0v) is 10.1. The second-order valence-electron chi connectivity index (χ2n) is 3.91. The van der Waals surface area contributed by atoms with Crippen LogP contribution in [-0.2, 0) is 9.84 Å². The van der Waals surface area contributed by atoms with Gasteiger partial charge in [-0.2, -0.15) is 13.2 Å². The first-order valence-electron chi connectivity index (χ1n) is 4.92. The largest absolute Gasteiger partial charge is 0.403 e. The molecule has 98 valence electrons. The number of imidazole rings is 1. The number of halogens is 3. The number of benzene rings is 1. The predicted octanol–water partition coefficient (Wildman–Crippen LogP) is 2.21. The van der Waals surface area contributed by atoms with E-state index >= 15 is 0 Å². The van der Waals surface area contributed by atoms with E-state index in [-0.39, 0.29) is 10.5 Å². The Morgan fingerprint density at radius 1 is 1.33 bits per heavy atom. The Kier molecular flexibility index (Phi) is 2.84. The van der Waals surface area contributed by atoms with Gasteiger partial charge in [0, 0.05) is 0 Å². The molecule has 18 heavy (non-hydrogen) atoms. The van der Waals surface area contributed by atoms with Crippen LogP contribution in [0.1, 0.15) is 5.56 Å². The summed E-state index contributed by atoms with van der Waals surface area (Å²) in [5.74, 6) is -1.86. The van der Waals surface area contributed by atoms with Gasteiger partial charge in [0.05, 0.1) is 22.3 Å². The normalized spacial score (nSPS) is 13.1. The highest BCUT2D eigenvalue weighted by molar-refractivity contribution is 7.91. The molecule has 0 aliphatic carbocycles. The van der Waals surface area contributed by atoms with Gasteiger partial charge in [0.25, 0.3) is 0 Å². The SMILES string of the molecule is Cc1cc2[nH]cnc2cc1S(=O)(=O)CC(F)(F)F. The van der Waals surface area contributed by atoms with Crippen molar-refractivity contribution in [3.8, 4) is 0 Å². The molecule has 0 aliphatic rings. The number of hydrogen-bond acceptors (Lipinski definition) is 3. The summed E-state index contributed by atoms with van der Waals surface area (Å²) in [5, 5.41) is 0. The monoisotopic (exact) mass is 278 g/mol. The number of H-pyrrole nitrogens is 1. The van der Waals surface area contributed by atoms with E-state index in [0.717, 1.165) is 6.07 Å². The molecule has 1 N–H and O–H groups in total. The van der Waals surface area contributed by atoms with Gasteiger partial charge >= 0.3 is 6.18 Å². The number of fused-ring (bicyclic) bond motifs is 1. The van der Waals surface area contributed by atoms with Crippen LogP contribution in [0.25, 0.3) is 11.0 Å². The van der Waals surface area contributed by atoms with Crippen molar-refractivity contribution in [1.29, 1.82) is 0 Å². The van der Waals surface area contributed by atoms with Crippen molar-refractivity contribution in [3.05, 3.63) is 24.0 Å². The Labute approximate surface area is 101 Å².